The van der Waals surface area contributed by atoms with E-state index < -0.39 is 11.6 Å². The van der Waals surface area contributed by atoms with Crippen LogP contribution in [0, 0.1) is 17.6 Å². The van der Waals surface area contributed by atoms with Crippen LogP contribution in [-0.2, 0) is 4.79 Å². The molecule has 0 saturated carbocycles. The minimum Gasteiger partial charge on any atom is -0.288 e. The number of hydrogen-bond acceptors (Lipinski definition) is 4. The van der Waals surface area contributed by atoms with Gasteiger partial charge in [-0.15, -0.1) is 0 Å². The Hall–Kier alpha value is -1.21. The van der Waals surface area contributed by atoms with Crippen molar-refractivity contribution >= 4 is 45.2 Å². The van der Waals surface area contributed by atoms with Crippen LogP contribution in [0.2, 0.25) is 0 Å². The zero-order valence-electron chi connectivity index (χ0n) is 9.77. The molecule has 3 rings (SSSR count). The first-order valence-corrected chi connectivity index (χ1v) is 7.20. The summed E-state index contributed by atoms with van der Waals surface area (Å²) in [6.45, 7) is 0.534. The van der Waals surface area contributed by atoms with E-state index in [1.54, 1.807) is 0 Å². The van der Waals surface area contributed by atoms with E-state index in [9.17, 15) is 13.6 Å². The Balaban J connectivity index is 2.02. The highest BCUT2D eigenvalue weighted by molar-refractivity contribution is 7.80. The van der Waals surface area contributed by atoms with Crippen LogP contribution in [0.15, 0.2) is 12.1 Å². The first kappa shape index (κ1) is 12.8. The van der Waals surface area contributed by atoms with Crippen molar-refractivity contribution in [1.82, 2.24) is 4.98 Å². The summed E-state index contributed by atoms with van der Waals surface area (Å²) in [6.07, 6.45) is 0.427. The maximum absolute atomic E-state index is 13.6. The number of thiazole rings is 1. The van der Waals surface area contributed by atoms with E-state index in [0.29, 0.717) is 28.5 Å². The Morgan fingerprint density at radius 2 is 2.26 bits per heavy atom. The molecule has 19 heavy (non-hydrogen) atoms. The lowest BCUT2D eigenvalue weighted by Crippen LogP contribution is -2.24. The molecule has 0 bridgehead atoms. The number of halogens is 2. The molecule has 1 aromatic carbocycles. The molecule has 0 radical (unpaired) electrons. The number of thiol groups is 1. The lowest BCUT2D eigenvalue weighted by atomic mass is 10.1. The van der Waals surface area contributed by atoms with E-state index in [-0.39, 0.29) is 17.3 Å². The van der Waals surface area contributed by atoms with Crippen LogP contribution in [0.3, 0.4) is 0 Å². The molecule has 2 heterocycles. The molecular weight excluding hydrogens is 290 g/mol. The largest absolute Gasteiger partial charge is 0.288 e. The molecule has 1 aliphatic rings. The molecule has 1 saturated heterocycles. The third-order valence-corrected chi connectivity index (χ3v) is 4.64. The summed E-state index contributed by atoms with van der Waals surface area (Å²) in [5.74, 6) is -0.574. The number of hydrogen-bond donors (Lipinski definition) is 1. The van der Waals surface area contributed by atoms with Gasteiger partial charge in [-0.3, -0.25) is 9.69 Å². The molecule has 2 aromatic rings. The van der Waals surface area contributed by atoms with Crippen LogP contribution in [0.25, 0.3) is 10.2 Å². The molecule has 0 spiro atoms. The van der Waals surface area contributed by atoms with Gasteiger partial charge >= 0.3 is 0 Å². The van der Waals surface area contributed by atoms with Crippen LogP contribution in [0.4, 0.5) is 13.9 Å². The number of nitrogens with zero attached hydrogens (tertiary/aromatic N) is 2. The number of carbonyl (C=O) groups is 1. The van der Waals surface area contributed by atoms with E-state index >= 15 is 0 Å². The Morgan fingerprint density at radius 3 is 2.95 bits per heavy atom. The lowest BCUT2D eigenvalue weighted by molar-refractivity contribution is -0.117. The molecule has 100 valence electrons. The average Bonchev–Trinajstić information content (AvgIpc) is 2.92. The summed E-state index contributed by atoms with van der Waals surface area (Å²) in [5.41, 5.74) is 0.114. The Labute approximate surface area is 117 Å². The van der Waals surface area contributed by atoms with Gasteiger partial charge in [0.1, 0.15) is 11.3 Å². The summed E-state index contributed by atoms with van der Waals surface area (Å²) in [5, 5.41) is 0.425. The highest BCUT2D eigenvalue weighted by Gasteiger charge is 2.31. The molecule has 7 heteroatoms. The lowest BCUT2D eigenvalue weighted by Gasteiger charge is -2.11. The number of fused-ring (bicyclic) bond motifs is 1. The number of benzene rings is 1. The van der Waals surface area contributed by atoms with Crippen molar-refractivity contribution in [1.29, 1.82) is 0 Å². The Morgan fingerprint density at radius 1 is 1.47 bits per heavy atom. The Bertz CT molecular complexity index is 658. The molecule has 1 atom stereocenters. The topological polar surface area (TPSA) is 33.2 Å². The summed E-state index contributed by atoms with van der Waals surface area (Å²) in [4.78, 5) is 17.5. The zero-order valence-corrected chi connectivity index (χ0v) is 11.5. The molecule has 1 unspecified atom stereocenters. The van der Waals surface area contributed by atoms with Crippen LogP contribution in [0.5, 0.6) is 0 Å². The van der Waals surface area contributed by atoms with E-state index in [2.05, 4.69) is 17.6 Å². The summed E-state index contributed by atoms with van der Waals surface area (Å²) in [7, 11) is 0. The molecule has 0 aliphatic carbocycles. The first-order chi connectivity index (χ1) is 9.08. The Kier molecular flexibility index (Phi) is 3.18. The number of amides is 1. The third kappa shape index (κ3) is 2.21. The predicted octanol–water partition coefficient (Wildman–Crippen LogP) is 2.86. The molecule has 1 amide bonds. The monoisotopic (exact) mass is 300 g/mol. The normalized spacial score (nSPS) is 19.6. The van der Waals surface area contributed by atoms with Crippen molar-refractivity contribution < 1.29 is 13.6 Å². The average molecular weight is 300 g/mol. The minimum absolute atomic E-state index is 0.0426. The summed E-state index contributed by atoms with van der Waals surface area (Å²) >= 11 is 5.31. The minimum atomic E-state index is -0.699. The SMILES string of the molecule is O=C1CC(CS)CN1c1nc2c(F)cc(F)cc2s1. The van der Waals surface area contributed by atoms with Gasteiger partial charge in [0.2, 0.25) is 5.91 Å². The van der Waals surface area contributed by atoms with Gasteiger partial charge in [0.05, 0.1) is 4.70 Å². The standard InChI is InChI=1S/C12H10F2N2OS2/c13-7-2-8(14)11-9(3-7)19-12(15-11)16-4-6(5-18)1-10(16)17/h2-3,6,18H,1,4-5H2. The van der Waals surface area contributed by atoms with Gasteiger partial charge in [-0.1, -0.05) is 11.3 Å². The van der Waals surface area contributed by atoms with Crippen LogP contribution < -0.4 is 4.90 Å². The van der Waals surface area contributed by atoms with Gasteiger partial charge < -0.3 is 0 Å². The highest BCUT2D eigenvalue weighted by Crippen LogP contribution is 2.34. The zero-order chi connectivity index (χ0) is 13.6. The molecule has 0 N–H and O–H groups in total. The quantitative estimate of drug-likeness (QED) is 0.865. The maximum atomic E-state index is 13.6. The van der Waals surface area contributed by atoms with Crippen LogP contribution in [-0.4, -0.2) is 23.2 Å². The van der Waals surface area contributed by atoms with Gasteiger partial charge in [-0.25, -0.2) is 13.8 Å². The summed E-state index contributed by atoms with van der Waals surface area (Å²) in [6, 6.07) is 2.03. The van der Waals surface area contributed by atoms with Gasteiger partial charge in [0.15, 0.2) is 10.9 Å². The second-order valence-electron chi connectivity index (χ2n) is 4.49. The molecule has 1 aliphatic heterocycles. The number of carbonyl (C=O) groups excluding carboxylic acids is 1. The van der Waals surface area contributed by atoms with Crippen molar-refractivity contribution in [3.63, 3.8) is 0 Å². The van der Waals surface area contributed by atoms with Gasteiger partial charge in [-0.05, 0) is 17.7 Å². The first-order valence-electron chi connectivity index (χ1n) is 5.75. The fraction of sp³-hybridized carbons (Fsp3) is 0.333. The van der Waals surface area contributed by atoms with E-state index in [0.717, 1.165) is 17.4 Å². The molecule has 3 nitrogen and oxygen atoms in total. The molecule has 1 aromatic heterocycles. The third-order valence-electron chi connectivity index (χ3n) is 3.10. The van der Waals surface area contributed by atoms with Gasteiger partial charge in [-0.2, -0.15) is 12.6 Å². The van der Waals surface area contributed by atoms with Crippen molar-refractivity contribution in [2.24, 2.45) is 5.92 Å². The van der Waals surface area contributed by atoms with Crippen molar-refractivity contribution in [2.45, 2.75) is 6.42 Å². The summed E-state index contributed by atoms with van der Waals surface area (Å²) < 4.78 is 27.1. The van der Waals surface area contributed by atoms with E-state index in [4.69, 9.17) is 0 Å². The number of anilines is 1. The number of aromatic nitrogens is 1. The van der Waals surface area contributed by atoms with E-state index in [1.807, 2.05) is 0 Å². The van der Waals surface area contributed by atoms with Gasteiger partial charge in [0.25, 0.3) is 0 Å². The van der Waals surface area contributed by atoms with Crippen molar-refractivity contribution in [3.05, 3.63) is 23.8 Å². The molecular formula is C12H10F2N2OS2. The second kappa shape index (κ2) is 4.72. The smallest absolute Gasteiger partial charge is 0.229 e. The van der Waals surface area contributed by atoms with Crippen LogP contribution >= 0.6 is 24.0 Å². The number of rotatable bonds is 2. The molecule has 1 fully saturated rings. The van der Waals surface area contributed by atoms with E-state index in [1.165, 1.54) is 11.0 Å². The highest BCUT2D eigenvalue weighted by atomic mass is 32.1. The second-order valence-corrected chi connectivity index (χ2v) is 5.86. The van der Waals surface area contributed by atoms with Crippen molar-refractivity contribution in [3.8, 4) is 0 Å². The van der Waals surface area contributed by atoms with Crippen LogP contribution in [0.1, 0.15) is 6.42 Å². The predicted molar refractivity (Wildman–Crippen MR) is 73.8 cm³/mol. The van der Waals surface area contributed by atoms with Gasteiger partial charge in [0, 0.05) is 19.0 Å². The fourth-order valence-corrected chi connectivity index (χ4v) is 3.43. The van der Waals surface area contributed by atoms with Crippen molar-refractivity contribution in [2.75, 3.05) is 17.2 Å². The fourth-order valence-electron chi connectivity index (χ4n) is 2.15. The maximum Gasteiger partial charge on any atom is 0.229 e.